The van der Waals surface area contributed by atoms with Crippen LogP contribution in [0.5, 0.6) is 5.75 Å². The van der Waals surface area contributed by atoms with Crippen LogP contribution in [-0.4, -0.2) is 21.1 Å². The number of sulfonamides is 1. The van der Waals surface area contributed by atoms with Crippen molar-refractivity contribution in [3.63, 3.8) is 0 Å². The first-order valence-electron chi connectivity index (χ1n) is 7.68. The molecule has 0 radical (unpaired) electrons. The predicted molar refractivity (Wildman–Crippen MR) is 90.4 cm³/mol. The molecule has 0 fully saturated rings. The fourth-order valence-electron chi connectivity index (χ4n) is 3.27. The topological polar surface area (TPSA) is 55.4 Å². The highest BCUT2D eigenvalue weighted by atomic mass is 32.2. The molecule has 23 heavy (non-hydrogen) atoms. The van der Waals surface area contributed by atoms with Gasteiger partial charge in [0, 0.05) is 0 Å². The molecule has 1 aliphatic rings. The third-order valence-corrected chi connectivity index (χ3v) is 5.90. The van der Waals surface area contributed by atoms with E-state index in [1.807, 2.05) is 57.2 Å². The zero-order valence-corrected chi connectivity index (χ0v) is 14.4. The normalized spacial score (nSPS) is 17.4. The Balaban J connectivity index is 1.86. The standard InChI is InChI=1S/C18H21NO3S/c1-12-8-13(2)18(14(3)9-12)23(20,21)19-16-10-15-6-4-5-7-17(15)22-11-16/h4-9,16,19H,10-11H2,1-3H3. The minimum absolute atomic E-state index is 0.255. The van der Waals surface area contributed by atoms with Gasteiger partial charge in [0.15, 0.2) is 0 Å². The van der Waals surface area contributed by atoms with Crippen molar-refractivity contribution in [1.29, 1.82) is 0 Å². The van der Waals surface area contributed by atoms with Crippen LogP contribution >= 0.6 is 0 Å². The van der Waals surface area contributed by atoms with Gasteiger partial charge in [-0.15, -0.1) is 0 Å². The van der Waals surface area contributed by atoms with Gasteiger partial charge < -0.3 is 4.74 Å². The molecule has 1 unspecified atom stereocenters. The molecule has 1 aliphatic heterocycles. The molecule has 0 saturated carbocycles. The molecule has 2 aromatic rings. The van der Waals surface area contributed by atoms with Gasteiger partial charge in [-0.25, -0.2) is 13.1 Å². The van der Waals surface area contributed by atoms with Gasteiger partial charge in [0.25, 0.3) is 0 Å². The van der Waals surface area contributed by atoms with Crippen molar-refractivity contribution in [1.82, 2.24) is 4.72 Å². The summed E-state index contributed by atoms with van der Waals surface area (Å²) in [5, 5.41) is 0. The van der Waals surface area contributed by atoms with E-state index in [4.69, 9.17) is 4.74 Å². The number of hydrogen-bond donors (Lipinski definition) is 1. The first-order chi connectivity index (χ1) is 10.9. The predicted octanol–water partition coefficient (Wildman–Crippen LogP) is 2.89. The Morgan fingerprint density at radius 2 is 1.74 bits per heavy atom. The van der Waals surface area contributed by atoms with Crippen LogP contribution in [0, 0.1) is 20.8 Å². The number of fused-ring (bicyclic) bond motifs is 1. The van der Waals surface area contributed by atoms with Crippen LogP contribution in [0.4, 0.5) is 0 Å². The van der Waals surface area contributed by atoms with Crippen molar-refractivity contribution in [3.8, 4) is 5.75 Å². The van der Waals surface area contributed by atoms with Crippen LogP contribution in [0.3, 0.4) is 0 Å². The van der Waals surface area contributed by atoms with E-state index in [1.165, 1.54) is 0 Å². The van der Waals surface area contributed by atoms with E-state index in [0.717, 1.165) is 28.0 Å². The van der Waals surface area contributed by atoms with Crippen molar-refractivity contribution in [2.75, 3.05) is 6.61 Å². The molecule has 0 spiro atoms. The Kier molecular flexibility index (Phi) is 4.17. The maximum atomic E-state index is 12.8. The summed E-state index contributed by atoms with van der Waals surface area (Å²) in [4.78, 5) is 0.377. The quantitative estimate of drug-likeness (QED) is 0.941. The van der Waals surface area contributed by atoms with Gasteiger partial charge in [-0.1, -0.05) is 35.9 Å². The number of nitrogens with one attached hydrogen (secondary N) is 1. The summed E-state index contributed by atoms with van der Waals surface area (Å²) < 4.78 is 34.1. The van der Waals surface area contributed by atoms with E-state index < -0.39 is 10.0 Å². The lowest BCUT2D eigenvalue weighted by atomic mass is 10.0. The van der Waals surface area contributed by atoms with Crippen LogP contribution in [0.1, 0.15) is 22.3 Å². The Bertz CT molecular complexity index is 820. The van der Waals surface area contributed by atoms with Crippen LogP contribution in [0.15, 0.2) is 41.3 Å². The Morgan fingerprint density at radius 3 is 2.43 bits per heavy atom. The van der Waals surface area contributed by atoms with Crippen molar-refractivity contribution in [2.24, 2.45) is 0 Å². The van der Waals surface area contributed by atoms with Crippen LogP contribution < -0.4 is 9.46 Å². The van der Waals surface area contributed by atoms with Gasteiger partial charge in [0.2, 0.25) is 10.0 Å². The SMILES string of the molecule is Cc1cc(C)c(S(=O)(=O)NC2COc3ccccc3C2)c(C)c1. The second-order valence-electron chi connectivity index (χ2n) is 6.17. The van der Waals surface area contributed by atoms with Gasteiger partial charge >= 0.3 is 0 Å². The molecule has 4 nitrogen and oxygen atoms in total. The Hall–Kier alpha value is -1.85. The molecule has 0 bridgehead atoms. The maximum absolute atomic E-state index is 12.8. The Morgan fingerprint density at radius 1 is 1.09 bits per heavy atom. The van der Waals surface area contributed by atoms with Crippen LogP contribution in [-0.2, 0) is 16.4 Å². The first-order valence-corrected chi connectivity index (χ1v) is 9.16. The van der Waals surface area contributed by atoms with Crippen molar-refractivity contribution in [3.05, 3.63) is 58.7 Å². The average molecular weight is 331 g/mol. The number of hydrogen-bond acceptors (Lipinski definition) is 3. The monoisotopic (exact) mass is 331 g/mol. The third-order valence-electron chi connectivity index (χ3n) is 4.07. The van der Waals surface area contributed by atoms with E-state index >= 15 is 0 Å². The maximum Gasteiger partial charge on any atom is 0.241 e. The van der Waals surface area contributed by atoms with Gasteiger partial charge in [0.05, 0.1) is 10.9 Å². The number of rotatable bonds is 3. The second-order valence-corrected chi connectivity index (χ2v) is 7.82. The second kappa shape index (κ2) is 5.98. The third kappa shape index (κ3) is 3.26. The average Bonchev–Trinajstić information content (AvgIpc) is 2.45. The van der Waals surface area contributed by atoms with Crippen molar-refractivity contribution >= 4 is 10.0 Å². The molecule has 1 atom stereocenters. The molecule has 1 N–H and O–H groups in total. The first kappa shape index (κ1) is 16.0. The Labute approximate surface area is 137 Å². The highest BCUT2D eigenvalue weighted by Crippen LogP contribution is 2.26. The number of benzene rings is 2. The van der Waals surface area contributed by atoms with Crippen molar-refractivity contribution in [2.45, 2.75) is 38.1 Å². The largest absolute Gasteiger partial charge is 0.492 e. The fraction of sp³-hybridized carbons (Fsp3) is 0.333. The summed E-state index contributed by atoms with van der Waals surface area (Å²) in [6.45, 7) is 5.98. The lowest BCUT2D eigenvalue weighted by molar-refractivity contribution is 0.254. The summed E-state index contributed by atoms with van der Waals surface area (Å²) in [7, 11) is -3.57. The minimum Gasteiger partial charge on any atom is -0.492 e. The highest BCUT2D eigenvalue weighted by molar-refractivity contribution is 7.89. The van der Waals surface area contributed by atoms with E-state index in [9.17, 15) is 8.42 Å². The summed E-state index contributed by atoms with van der Waals surface area (Å²) >= 11 is 0. The molecule has 3 rings (SSSR count). The number of aryl methyl sites for hydroxylation is 3. The van der Waals surface area contributed by atoms with Gasteiger partial charge in [-0.05, 0) is 49.9 Å². The van der Waals surface area contributed by atoms with E-state index in [2.05, 4.69) is 4.72 Å². The van der Waals surface area contributed by atoms with Gasteiger partial charge in [-0.3, -0.25) is 0 Å². The molecule has 0 amide bonds. The zero-order valence-electron chi connectivity index (χ0n) is 13.6. The molecule has 122 valence electrons. The molecule has 0 saturated heterocycles. The zero-order chi connectivity index (χ0) is 16.6. The van der Waals surface area contributed by atoms with E-state index in [0.29, 0.717) is 17.9 Å². The van der Waals surface area contributed by atoms with Gasteiger partial charge in [-0.2, -0.15) is 0 Å². The lowest BCUT2D eigenvalue weighted by Gasteiger charge is -2.26. The molecule has 5 heteroatoms. The van der Waals surface area contributed by atoms with E-state index in [-0.39, 0.29) is 6.04 Å². The molecular formula is C18H21NO3S. The summed E-state index contributed by atoms with van der Waals surface area (Å²) in [5.41, 5.74) is 3.64. The fourth-order valence-corrected chi connectivity index (χ4v) is 4.95. The van der Waals surface area contributed by atoms with Crippen molar-refractivity contribution < 1.29 is 13.2 Å². The number of para-hydroxylation sites is 1. The molecule has 2 aromatic carbocycles. The lowest BCUT2D eigenvalue weighted by Crippen LogP contribution is -2.43. The highest BCUT2D eigenvalue weighted by Gasteiger charge is 2.27. The summed E-state index contributed by atoms with van der Waals surface area (Å²) in [6.07, 6.45) is 0.638. The molecule has 1 heterocycles. The van der Waals surface area contributed by atoms with Gasteiger partial charge in [0.1, 0.15) is 12.4 Å². The van der Waals surface area contributed by atoms with Crippen LogP contribution in [0.25, 0.3) is 0 Å². The van der Waals surface area contributed by atoms with E-state index in [1.54, 1.807) is 0 Å². The van der Waals surface area contributed by atoms with Crippen LogP contribution in [0.2, 0.25) is 0 Å². The summed E-state index contributed by atoms with van der Waals surface area (Å²) in [5.74, 6) is 0.839. The minimum atomic E-state index is -3.57. The number of ether oxygens (including phenoxy) is 1. The molecule has 0 aliphatic carbocycles. The molecular weight excluding hydrogens is 310 g/mol. The summed E-state index contributed by atoms with van der Waals surface area (Å²) in [6, 6.07) is 11.3. The smallest absolute Gasteiger partial charge is 0.241 e. The molecule has 0 aromatic heterocycles.